The van der Waals surface area contributed by atoms with E-state index in [1.807, 2.05) is 49.5 Å². The molecule has 0 saturated carbocycles. The van der Waals surface area contributed by atoms with Gasteiger partial charge in [-0.05, 0) is 36.4 Å². The third-order valence-corrected chi connectivity index (χ3v) is 2.64. The van der Waals surface area contributed by atoms with E-state index in [2.05, 4.69) is 15.6 Å². The summed E-state index contributed by atoms with van der Waals surface area (Å²) in [5, 5.41) is 6.11. The molecule has 1 aromatic carbocycles. The van der Waals surface area contributed by atoms with E-state index in [0.717, 1.165) is 23.6 Å². The molecule has 1 amide bonds. The molecule has 0 aliphatic heterocycles. The first-order valence-electron chi connectivity index (χ1n) is 6.04. The molecule has 0 atom stereocenters. The Kier molecular flexibility index (Phi) is 4.02. The second kappa shape index (κ2) is 5.91. The number of amides is 1. The minimum atomic E-state index is 0.0297. The zero-order valence-corrected chi connectivity index (χ0v) is 10.4. The van der Waals surface area contributed by atoms with Crippen LogP contribution in [0, 0.1) is 0 Å². The van der Waals surface area contributed by atoms with Crippen molar-refractivity contribution in [3.63, 3.8) is 0 Å². The minimum absolute atomic E-state index is 0.0297. The van der Waals surface area contributed by atoms with Crippen LogP contribution in [0.15, 0.2) is 42.6 Å². The van der Waals surface area contributed by atoms with Gasteiger partial charge >= 0.3 is 0 Å². The Balaban J connectivity index is 1.89. The molecule has 0 radical (unpaired) electrons. The van der Waals surface area contributed by atoms with E-state index in [1.54, 1.807) is 0 Å². The zero-order chi connectivity index (χ0) is 12.8. The van der Waals surface area contributed by atoms with Gasteiger partial charge in [0, 0.05) is 29.7 Å². The van der Waals surface area contributed by atoms with Crippen molar-refractivity contribution >= 4 is 17.3 Å². The molecule has 0 saturated heterocycles. The molecule has 4 heteroatoms. The predicted octanol–water partition coefficient (Wildman–Crippen LogP) is 2.98. The molecule has 18 heavy (non-hydrogen) atoms. The first-order chi connectivity index (χ1) is 8.78. The van der Waals surface area contributed by atoms with Gasteiger partial charge in [0.25, 0.3) is 0 Å². The molecule has 94 valence electrons. The maximum Gasteiger partial charge on any atom is 0.224 e. The SMILES string of the molecule is CCC(=O)Nc1ccc(NCc2ccc[nH]2)cc1. The lowest BCUT2D eigenvalue weighted by Gasteiger charge is -2.07. The van der Waals surface area contributed by atoms with Crippen molar-refractivity contribution in [2.75, 3.05) is 10.6 Å². The highest BCUT2D eigenvalue weighted by Gasteiger charge is 1.99. The number of nitrogens with one attached hydrogen (secondary N) is 3. The van der Waals surface area contributed by atoms with Crippen LogP contribution in [-0.4, -0.2) is 10.9 Å². The van der Waals surface area contributed by atoms with Gasteiger partial charge in [-0.2, -0.15) is 0 Å². The maximum absolute atomic E-state index is 11.2. The van der Waals surface area contributed by atoms with Gasteiger partial charge in [-0.1, -0.05) is 6.92 Å². The van der Waals surface area contributed by atoms with E-state index in [4.69, 9.17) is 0 Å². The molecule has 1 aromatic heterocycles. The Morgan fingerprint density at radius 2 is 1.89 bits per heavy atom. The lowest BCUT2D eigenvalue weighted by atomic mass is 10.2. The summed E-state index contributed by atoms with van der Waals surface area (Å²) in [6, 6.07) is 11.7. The second-order valence-electron chi connectivity index (χ2n) is 4.03. The smallest absolute Gasteiger partial charge is 0.224 e. The van der Waals surface area contributed by atoms with E-state index < -0.39 is 0 Å². The summed E-state index contributed by atoms with van der Waals surface area (Å²) >= 11 is 0. The van der Waals surface area contributed by atoms with Crippen molar-refractivity contribution in [2.24, 2.45) is 0 Å². The number of benzene rings is 1. The Bertz CT molecular complexity index is 488. The Morgan fingerprint density at radius 1 is 1.17 bits per heavy atom. The highest BCUT2D eigenvalue weighted by Crippen LogP contribution is 2.14. The van der Waals surface area contributed by atoms with E-state index in [1.165, 1.54) is 0 Å². The molecule has 0 spiro atoms. The normalized spacial score (nSPS) is 10.1. The van der Waals surface area contributed by atoms with Crippen molar-refractivity contribution in [2.45, 2.75) is 19.9 Å². The summed E-state index contributed by atoms with van der Waals surface area (Å²) in [7, 11) is 0. The first kappa shape index (κ1) is 12.2. The summed E-state index contributed by atoms with van der Waals surface area (Å²) in [6.45, 7) is 2.59. The number of hydrogen-bond acceptors (Lipinski definition) is 2. The third kappa shape index (κ3) is 3.38. The highest BCUT2D eigenvalue weighted by atomic mass is 16.1. The number of hydrogen-bond donors (Lipinski definition) is 3. The van der Waals surface area contributed by atoms with Crippen LogP contribution in [0.5, 0.6) is 0 Å². The number of carbonyl (C=O) groups is 1. The van der Waals surface area contributed by atoms with Gasteiger partial charge in [0.15, 0.2) is 0 Å². The quantitative estimate of drug-likeness (QED) is 0.756. The van der Waals surface area contributed by atoms with Gasteiger partial charge in [-0.3, -0.25) is 4.79 Å². The number of aromatic nitrogens is 1. The number of H-pyrrole nitrogens is 1. The predicted molar refractivity (Wildman–Crippen MR) is 73.5 cm³/mol. The molecule has 3 N–H and O–H groups in total. The number of rotatable bonds is 5. The van der Waals surface area contributed by atoms with Gasteiger partial charge < -0.3 is 15.6 Å². The fourth-order valence-corrected chi connectivity index (χ4v) is 1.60. The monoisotopic (exact) mass is 243 g/mol. The minimum Gasteiger partial charge on any atom is -0.379 e. The maximum atomic E-state index is 11.2. The van der Waals surface area contributed by atoms with Gasteiger partial charge in [0.2, 0.25) is 5.91 Å². The van der Waals surface area contributed by atoms with E-state index in [-0.39, 0.29) is 5.91 Å². The molecule has 0 bridgehead atoms. The Morgan fingerprint density at radius 3 is 2.50 bits per heavy atom. The van der Waals surface area contributed by atoms with Gasteiger partial charge in [-0.25, -0.2) is 0 Å². The average Bonchev–Trinajstić information content (AvgIpc) is 2.91. The standard InChI is InChI=1S/C14H17N3O/c1-2-14(18)17-12-7-5-11(6-8-12)16-10-13-4-3-9-15-13/h3-9,15-16H,2,10H2,1H3,(H,17,18). The fourth-order valence-electron chi connectivity index (χ4n) is 1.60. The molecule has 1 heterocycles. The second-order valence-corrected chi connectivity index (χ2v) is 4.03. The summed E-state index contributed by atoms with van der Waals surface area (Å²) in [5.41, 5.74) is 2.99. The molecule has 0 unspecified atom stereocenters. The summed E-state index contributed by atoms with van der Waals surface area (Å²) in [4.78, 5) is 14.3. The highest BCUT2D eigenvalue weighted by molar-refractivity contribution is 5.90. The Labute approximate surface area is 106 Å². The van der Waals surface area contributed by atoms with E-state index in [9.17, 15) is 4.79 Å². The molecule has 0 aliphatic carbocycles. The number of aromatic amines is 1. The van der Waals surface area contributed by atoms with E-state index >= 15 is 0 Å². The largest absolute Gasteiger partial charge is 0.379 e. The molecule has 2 aromatic rings. The molecule has 2 rings (SSSR count). The molecular formula is C14H17N3O. The van der Waals surface area contributed by atoms with Crippen LogP contribution in [0.3, 0.4) is 0 Å². The topological polar surface area (TPSA) is 56.9 Å². The fraction of sp³-hybridized carbons (Fsp3) is 0.214. The van der Waals surface area contributed by atoms with Crippen molar-refractivity contribution < 1.29 is 4.79 Å². The number of anilines is 2. The van der Waals surface area contributed by atoms with Gasteiger partial charge in [0.05, 0.1) is 6.54 Å². The summed E-state index contributed by atoms with van der Waals surface area (Å²) in [5.74, 6) is 0.0297. The van der Waals surface area contributed by atoms with Crippen LogP contribution in [-0.2, 0) is 11.3 Å². The van der Waals surface area contributed by atoms with Gasteiger partial charge in [-0.15, -0.1) is 0 Å². The van der Waals surface area contributed by atoms with Gasteiger partial charge in [0.1, 0.15) is 0 Å². The molecule has 0 fully saturated rings. The summed E-state index contributed by atoms with van der Waals surface area (Å²) in [6.07, 6.45) is 2.40. The van der Waals surface area contributed by atoms with Crippen LogP contribution >= 0.6 is 0 Å². The van der Waals surface area contributed by atoms with Crippen molar-refractivity contribution in [1.82, 2.24) is 4.98 Å². The lowest BCUT2D eigenvalue weighted by molar-refractivity contribution is -0.115. The van der Waals surface area contributed by atoms with Crippen molar-refractivity contribution in [3.05, 3.63) is 48.3 Å². The van der Waals surface area contributed by atoms with Crippen LogP contribution in [0.25, 0.3) is 0 Å². The van der Waals surface area contributed by atoms with Crippen LogP contribution < -0.4 is 10.6 Å². The number of carbonyl (C=O) groups excluding carboxylic acids is 1. The molecule has 0 aliphatic rings. The van der Waals surface area contributed by atoms with Crippen molar-refractivity contribution in [1.29, 1.82) is 0 Å². The van der Waals surface area contributed by atoms with Crippen LogP contribution in [0.2, 0.25) is 0 Å². The zero-order valence-electron chi connectivity index (χ0n) is 10.4. The third-order valence-electron chi connectivity index (χ3n) is 2.64. The van der Waals surface area contributed by atoms with E-state index in [0.29, 0.717) is 6.42 Å². The first-order valence-corrected chi connectivity index (χ1v) is 6.04. The summed E-state index contributed by atoms with van der Waals surface area (Å²) < 4.78 is 0. The van der Waals surface area contributed by atoms with Crippen LogP contribution in [0.4, 0.5) is 11.4 Å². The molecular weight excluding hydrogens is 226 g/mol. The van der Waals surface area contributed by atoms with Crippen LogP contribution in [0.1, 0.15) is 19.0 Å². The lowest BCUT2D eigenvalue weighted by Crippen LogP contribution is -2.09. The molecule has 4 nitrogen and oxygen atoms in total. The Hall–Kier alpha value is -2.23. The average molecular weight is 243 g/mol. The van der Waals surface area contributed by atoms with Crippen molar-refractivity contribution in [3.8, 4) is 0 Å².